The lowest BCUT2D eigenvalue weighted by molar-refractivity contribution is -0.240. The third kappa shape index (κ3) is 2.26. The molecule has 0 saturated heterocycles. The molecular weight excluding hydrogens is 106 g/mol. The van der Waals surface area contributed by atoms with Crippen molar-refractivity contribution < 1.29 is 10.2 Å². The molecule has 0 rings (SSSR count). The first kappa shape index (κ1) is 7.88. The fourth-order valence-electron chi connectivity index (χ4n) is 0.300. The molecule has 0 fully saturated rings. The van der Waals surface area contributed by atoms with Gasteiger partial charge in [0, 0.05) is 6.92 Å². The van der Waals surface area contributed by atoms with E-state index in [1.807, 2.05) is 6.92 Å². The summed E-state index contributed by atoms with van der Waals surface area (Å²) < 4.78 is 0. The summed E-state index contributed by atoms with van der Waals surface area (Å²) in [4.78, 5) is 1.42. The zero-order chi connectivity index (χ0) is 6.78. The summed E-state index contributed by atoms with van der Waals surface area (Å²) in [5, 5.41) is 17.5. The average Bonchev–Trinajstić information content (AvgIpc) is 1.62. The van der Waals surface area contributed by atoms with Crippen LogP contribution in [-0.4, -0.2) is 34.6 Å². The van der Waals surface area contributed by atoms with Gasteiger partial charge in [-0.1, -0.05) is 6.92 Å². The monoisotopic (exact) mass is 119 g/mol. The number of rotatable bonds is 2. The lowest BCUT2D eigenvalue weighted by atomic mass is 10.5. The Labute approximate surface area is 49.5 Å². The molecule has 0 spiro atoms. The molecule has 0 bridgehead atoms. The molecule has 2 N–H and O–H groups in total. The fraction of sp³-hybridized carbons (Fsp3) is 1.00. The maximum Gasteiger partial charge on any atom is 0.221 e. The molecule has 3 heteroatoms. The third-order valence-electron chi connectivity index (χ3n) is 1.20. The van der Waals surface area contributed by atoms with Crippen LogP contribution in [0.5, 0.6) is 0 Å². The van der Waals surface area contributed by atoms with Crippen molar-refractivity contribution in [2.24, 2.45) is 0 Å². The first-order chi connectivity index (χ1) is 3.48. The van der Waals surface area contributed by atoms with Gasteiger partial charge in [-0.15, -0.1) is 0 Å². The fourth-order valence-corrected chi connectivity index (χ4v) is 0.300. The van der Waals surface area contributed by atoms with E-state index in [0.29, 0.717) is 6.54 Å². The molecule has 50 valence electrons. The summed E-state index contributed by atoms with van der Waals surface area (Å²) >= 11 is 0. The van der Waals surface area contributed by atoms with Crippen LogP contribution < -0.4 is 0 Å². The van der Waals surface area contributed by atoms with Gasteiger partial charge in [0.15, 0.2) is 0 Å². The van der Waals surface area contributed by atoms with E-state index in [2.05, 4.69) is 0 Å². The topological polar surface area (TPSA) is 43.7 Å². The Bertz CT molecular complexity index is 67.3. The summed E-state index contributed by atoms with van der Waals surface area (Å²) in [6.45, 7) is 3.81. The summed E-state index contributed by atoms with van der Waals surface area (Å²) in [5.41, 5.74) is 0. The maximum atomic E-state index is 8.77. The predicted molar refractivity (Wildman–Crippen MR) is 31.1 cm³/mol. The van der Waals surface area contributed by atoms with Gasteiger partial charge in [0.25, 0.3) is 0 Å². The highest BCUT2D eigenvalue weighted by Crippen LogP contribution is 2.00. The summed E-state index contributed by atoms with van der Waals surface area (Å²) in [6.07, 6.45) is 0. The second kappa shape index (κ2) is 2.44. The molecule has 0 heterocycles. The van der Waals surface area contributed by atoms with Crippen LogP contribution in [0.25, 0.3) is 0 Å². The Morgan fingerprint density at radius 3 is 1.88 bits per heavy atom. The van der Waals surface area contributed by atoms with E-state index in [9.17, 15) is 0 Å². The molecule has 0 saturated carbocycles. The molecule has 0 aromatic heterocycles. The molecule has 8 heavy (non-hydrogen) atoms. The van der Waals surface area contributed by atoms with Crippen molar-refractivity contribution in [2.45, 2.75) is 19.8 Å². The lowest BCUT2D eigenvalue weighted by Crippen LogP contribution is -2.43. The van der Waals surface area contributed by atoms with Gasteiger partial charge in [0.1, 0.15) is 0 Å². The summed E-state index contributed by atoms with van der Waals surface area (Å²) in [6, 6.07) is 0. The zero-order valence-electron chi connectivity index (χ0n) is 5.55. The quantitative estimate of drug-likeness (QED) is 0.486. The normalized spacial score (nSPS) is 12.8. The Hall–Kier alpha value is -0.120. The molecular formula is C5H13NO2. The van der Waals surface area contributed by atoms with Gasteiger partial charge < -0.3 is 10.2 Å². The van der Waals surface area contributed by atoms with Gasteiger partial charge in [-0.3, -0.25) is 4.90 Å². The Balaban J connectivity index is 3.62. The summed E-state index contributed by atoms with van der Waals surface area (Å²) in [7, 11) is 1.64. The largest absolute Gasteiger partial charge is 0.353 e. The van der Waals surface area contributed by atoms with Crippen molar-refractivity contribution in [1.29, 1.82) is 0 Å². The average molecular weight is 119 g/mol. The van der Waals surface area contributed by atoms with E-state index in [1.54, 1.807) is 7.05 Å². The van der Waals surface area contributed by atoms with E-state index < -0.39 is 5.91 Å². The van der Waals surface area contributed by atoms with Gasteiger partial charge in [0.2, 0.25) is 5.91 Å². The van der Waals surface area contributed by atoms with Gasteiger partial charge in [-0.25, -0.2) is 0 Å². The minimum atomic E-state index is -1.66. The van der Waals surface area contributed by atoms with Crippen LogP contribution in [0, 0.1) is 0 Å². The highest BCUT2D eigenvalue weighted by molar-refractivity contribution is 4.52. The number of nitrogens with zero attached hydrogens (tertiary/aromatic N) is 1. The highest BCUT2D eigenvalue weighted by atomic mass is 16.5. The molecule has 0 amide bonds. The highest BCUT2D eigenvalue weighted by Gasteiger charge is 2.18. The zero-order valence-corrected chi connectivity index (χ0v) is 5.55. The standard InChI is InChI=1S/C5H13NO2/c1-4-6(3)5(2,7)8/h7-8H,4H2,1-3H3. The summed E-state index contributed by atoms with van der Waals surface area (Å²) in [5.74, 6) is -1.66. The second-order valence-electron chi connectivity index (χ2n) is 1.98. The molecule has 0 aromatic carbocycles. The number of aliphatic hydroxyl groups is 2. The molecule has 0 aliphatic rings. The van der Waals surface area contributed by atoms with E-state index in [4.69, 9.17) is 10.2 Å². The van der Waals surface area contributed by atoms with E-state index in [0.717, 1.165) is 0 Å². The van der Waals surface area contributed by atoms with Crippen LogP contribution in [0.3, 0.4) is 0 Å². The molecule has 0 unspecified atom stereocenters. The smallest absolute Gasteiger partial charge is 0.221 e. The van der Waals surface area contributed by atoms with Gasteiger partial charge >= 0.3 is 0 Å². The Kier molecular flexibility index (Phi) is 2.40. The van der Waals surface area contributed by atoms with Crippen molar-refractivity contribution in [3.05, 3.63) is 0 Å². The Morgan fingerprint density at radius 1 is 1.50 bits per heavy atom. The molecule has 0 aromatic rings. The molecule has 0 aliphatic carbocycles. The van der Waals surface area contributed by atoms with E-state index in [1.165, 1.54) is 11.8 Å². The van der Waals surface area contributed by atoms with Gasteiger partial charge in [0.05, 0.1) is 0 Å². The van der Waals surface area contributed by atoms with Crippen molar-refractivity contribution in [3.63, 3.8) is 0 Å². The number of hydrogen-bond acceptors (Lipinski definition) is 3. The van der Waals surface area contributed by atoms with Crippen molar-refractivity contribution in [2.75, 3.05) is 13.6 Å². The molecule has 3 nitrogen and oxygen atoms in total. The minimum absolute atomic E-state index is 0.628. The van der Waals surface area contributed by atoms with Crippen LogP contribution >= 0.6 is 0 Å². The van der Waals surface area contributed by atoms with Gasteiger partial charge in [-0.05, 0) is 13.6 Å². The third-order valence-corrected chi connectivity index (χ3v) is 1.20. The van der Waals surface area contributed by atoms with Crippen molar-refractivity contribution in [1.82, 2.24) is 4.90 Å². The maximum absolute atomic E-state index is 8.77. The minimum Gasteiger partial charge on any atom is -0.353 e. The lowest BCUT2D eigenvalue weighted by Gasteiger charge is -2.26. The first-order valence-corrected chi connectivity index (χ1v) is 2.64. The van der Waals surface area contributed by atoms with E-state index in [-0.39, 0.29) is 0 Å². The van der Waals surface area contributed by atoms with Gasteiger partial charge in [-0.2, -0.15) is 0 Å². The van der Waals surface area contributed by atoms with Crippen LogP contribution in [0.1, 0.15) is 13.8 Å². The predicted octanol–water partition coefficient (Wildman–Crippen LogP) is -0.404. The van der Waals surface area contributed by atoms with Crippen LogP contribution in [0.15, 0.2) is 0 Å². The van der Waals surface area contributed by atoms with E-state index >= 15 is 0 Å². The molecule has 0 radical (unpaired) electrons. The second-order valence-corrected chi connectivity index (χ2v) is 1.98. The number of hydrogen-bond donors (Lipinski definition) is 2. The molecule has 0 aliphatic heterocycles. The van der Waals surface area contributed by atoms with Crippen LogP contribution in [0.4, 0.5) is 0 Å². The SMILES string of the molecule is CCN(C)C(C)(O)O. The van der Waals surface area contributed by atoms with Crippen molar-refractivity contribution in [3.8, 4) is 0 Å². The van der Waals surface area contributed by atoms with Crippen molar-refractivity contribution >= 4 is 0 Å². The van der Waals surface area contributed by atoms with Crippen LogP contribution in [-0.2, 0) is 0 Å². The first-order valence-electron chi connectivity index (χ1n) is 2.64. The van der Waals surface area contributed by atoms with Crippen LogP contribution in [0.2, 0.25) is 0 Å². The molecule has 0 atom stereocenters. The Morgan fingerprint density at radius 2 is 1.88 bits per heavy atom.